The van der Waals surface area contributed by atoms with Crippen LogP contribution in [0.1, 0.15) is 10.4 Å². The van der Waals surface area contributed by atoms with Crippen molar-refractivity contribution < 1.29 is 30.8 Å². The molecule has 2 aromatic carbocycles. The van der Waals surface area contributed by atoms with Crippen LogP contribution < -0.4 is 10.0 Å². The zero-order chi connectivity index (χ0) is 18.6. The fraction of sp³-hybridized carbons (Fsp3) is 0.133. The lowest BCUT2D eigenvalue weighted by Crippen LogP contribution is -2.35. The number of amides is 1. The third-order valence-corrected chi connectivity index (χ3v) is 4.54. The molecular formula is C15H12F4N2O3S. The lowest BCUT2D eigenvalue weighted by molar-refractivity contribution is 0.0950. The van der Waals surface area contributed by atoms with Crippen LogP contribution >= 0.6 is 0 Å². The topological polar surface area (TPSA) is 75.3 Å². The Hall–Kier alpha value is -2.46. The van der Waals surface area contributed by atoms with Crippen molar-refractivity contribution in [3.63, 3.8) is 0 Å². The minimum atomic E-state index is -4.33. The maximum Gasteiger partial charge on any atom is 0.254 e. The molecule has 5 nitrogen and oxygen atoms in total. The summed E-state index contributed by atoms with van der Waals surface area (Å²) in [5.41, 5.74) is -0.416. The number of hydrogen-bond donors (Lipinski definition) is 2. The highest BCUT2D eigenvalue weighted by Gasteiger charge is 2.19. The molecule has 0 aliphatic heterocycles. The van der Waals surface area contributed by atoms with E-state index in [9.17, 15) is 30.8 Å². The summed E-state index contributed by atoms with van der Waals surface area (Å²) in [6.07, 6.45) is 0. The molecule has 0 heterocycles. The van der Waals surface area contributed by atoms with Crippen molar-refractivity contribution >= 4 is 15.9 Å². The predicted molar refractivity (Wildman–Crippen MR) is 80.2 cm³/mol. The van der Waals surface area contributed by atoms with Gasteiger partial charge in [0.2, 0.25) is 10.0 Å². The molecule has 134 valence electrons. The largest absolute Gasteiger partial charge is 0.351 e. The molecule has 0 atom stereocenters. The second kappa shape index (κ2) is 7.62. The van der Waals surface area contributed by atoms with Crippen molar-refractivity contribution in [3.8, 4) is 0 Å². The second-order valence-electron chi connectivity index (χ2n) is 4.85. The van der Waals surface area contributed by atoms with E-state index in [0.717, 1.165) is 18.2 Å². The molecule has 2 rings (SSSR count). The van der Waals surface area contributed by atoms with Crippen LogP contribution in [0.5, 0.6) is 0 Å². The van der Waals surface area contributed by atoms with Gasteiger partial charge in [0.25, 0.3) is 5.91 Å². The number of carbonyl (C=O) groups is 1. The van der Waals surface area contributed by atoms with Gasteiger partial charge in [-0.25, -0.2) is 30.7 Å². The molecule has 0 fully saturated rings. The van der Waals surface area contributed by atoms with Crippen LogP contribution in [0.4, 0.5) is 17.6 Å². The molecule has 2 aromatic rings. The van der Waals surface area contributed by atoms with E-state index in [1.807, 2.05) is 4.72 Å². The number of nitrogens with one attached hydrogen (secondary N) is 2. The molecule has 0 saturated carbocycles. The van der Waals surface area contributed by atoms with Gasteiger partial charge in [-0.1, -0.05) is 0 Å². The number of sulfonamides is 1. The van der Waals surface area contributed by atoms with Gasteiger partial charge in [0.05, 0.1) is 5.56 Å². The maximum atomic E-state index is 13.5. The zero-order valence-electron chi connectivity index (χ0n) is 12.5. The third-order valence-electron chi connectivity index (χ3n) is 3.06. The molecule has 0 aliphatic carbocycles. The fourth-order valence-electron chi connectivity index (χ4n) is 1.89. The van der Waals surface area contributed by atoms with Crippen LogP contribution in [0.15, 0.2) is 41.3 Å². The predicted octanol–water partition coefficient (Wildman–Crippen LogP) is 1.95. The van der Waals surface area contributed by atoms with E-state index in [1.54, 1.807) is 0 Å². The van der Waals surface area contributed by atoms with Crippen LogP contribution in [0.3, 0.4) is 0 Å². The maximum absolute atomic E-state index is 13.5. The molecule has 0 aromatic heterocycles. The molecule has 25 heavy (non-hydrogen) atoms. The normalized spacial score (nSPS) is 11.4. The molecule has 1 amide bonds. The van der Waals surface area contributed by atoms with Gasteiger partial charge >= 0.3 is 0 Å². The van der Waals surface area contributed by atoms with E-state index in [2.05, 4.69) is 5.32 Å². The Labute approximate surface area is 140 Å². The Kier molecular flexibility index (Phi) is 5.75. The van der Waals surface area contributed by atoms with Gasteiger partial charge in [0, 0.05) is 19.2 Å². The summed E-state index contributed by atoms with van der Waals surface area (Å²) in [5, 5.41) is 2.21. The summed E-state index contributed by atoms with van der Waals surface area (Å²) in [6, 6.07) is 4.32. The Balaban J connectivity index is 1.94. The van der Waals surface area contributed by atoms with E-state index in [0.29, 0.717) is 18.2 Å². The average Bonchev–Trinajstić information content (AvgIpc) is 2.53. The van der Waals surface area contributed by atoms with E-state index >= 15 is 0 Å². The first-order valence-corrected chi connectivity index (χ1v) is 8.37. The van der Waals surface area contributed by atoms with Crippen molar-refractivity contribution in [2.45, 2.75) is 4.90 Å². The Morgan fingerprint density at radius 2 is 1.52 bits per heavy atom. The molecular weight excluding hydrogens is 364 g/mol. The summed E-state index contributed by atoms with van der Waals surface area (Å²) >= 11 is 0. The van der Waals surface area contributed by atoms with Crippen LogP contribution in [0.2, 0.25) is 0 Å². The summed E-state index contributed by atoms with van der Waals surface area (Å²) in [7, 11) is -4.33. The average molecular weight is 376 g/mol. The lowest BCUT2D eigenvalue weighted by atomic mass is 10.2. The minimum absolute atomic E-state index is 0.258. The first kappa shape index (κ1) is 18.9. The summed E-state index contributed by atoms with van der Waals surface area (Å²) < 4.78 is 78.4. The second-order valence-corrected chi connectivity index (χ2v) is 6.59. The van der Waals surface area contributed by atoms with Crippen molar-refractivity contribution in [1.29, 1.82) is 0 Å². The van der Waals surface area contributed by atoms with Crippen LogP contribution in [0.25, 0.3) is 0 Å². The first-order valence-electron chi connectivity index (χ1n) is 6.88. The minimum Gasteiger partial charge on any atom is -0.351 e. The quantitative estimate of drug-likeness (QED) is 0.598. The molecule has 0 spiro atoms. The van der Waals surface area contributed by atoms with Crippen molar-refractivity contribution in [3.05, 3.63) is 65.2 Å². The smallest absolute Gasteiger partial charge is 0.254 e. The monoisotopic (exact) mass is 376 g/mol. The van der Waals surface area contributed by atoms with Gasteiger partial charge in [0.15, 0.2) is 0 Å². The zero-order valence-corrected chi connectivity index (χ0v) is 13.3. The molecule has 2 N–H and O–H groups in total. The molecule has 0 saturated heterocycles. The van der Waals surface area contributed by atoms with Gasteiger partial charge in [-0.3, -0.25) is 4.79 Å². The summed E-state index contributed by atoms with van der Waals surface area (Å²) in [5.74, 6) is -4.86. The molecule has 0 unspecified atom stereocenters. The van der Waals surface area contributed by atoms with Crippen LogP contribution in [-0.4, -0.2) is 27.4 Å². The van der Waals surface area contributed by atoms with Gasteiger partial charge in [-0.2, -0.15) is 0 Å². The van der Waals surface area contributed by atoms with E-state index in [4.69, 9.17) is 0 Å². The highest BCUT2D eigenvalue weighted by atomic mass is 32.2. The van der Waals surface area contributed by atoms with E-state index in [-0.39, 0.29) is 13.1 Å². The fourth-order valence-corrected chi connectivity index (χ4v) is 3.01. The van der Waals surface area contributed by atoms with Gasteiger partial charge in [-0.05, 0) is 30.3 Å². The Morgan fingerprint density at radius 3 is 2.20 bits per heavy atom. The lowest BCUT2D eigenvalue weighted by Gasteiger charge is -2.09. The standard InChI is InChI=1S/C15H12F4N2O3S/c16-9-1-3-11(13(19)7-9)15(22)20-5-6-21-25(23,24)14-8-10(17)2-4-12(14)18/h1-4,7-8,21H,5-6H2,(H,20,22). The molecule has 0 aliphatic rings. The van der Waals surface area contributed by atoms with E-state index in [1.165, 1.54) is 0 Å². The molecule has 10 heteroatoms. The summed E-state index contributed by atoms with van der Waals surface area (Å²) in [4.78, 5) is 10.8. The van der Waals surface area contributed by atoms with Gasteiger partial charge < -0.3 is 5.32 Å². The van der Waals surface area contributed by atoms with Crippen molar-refractivity contribution in [1.82, 2.24) is 10.0 Å². The van der Waals surface area contributed by atoms with Crippen molar-refractivity contribution in [2.75, 3.05) is 13.1 Å². The number of benzene rings is 2. The summed E-state index contributed by atoms with van der Waals surface area (Å²) in [6.45, 7) is -0.612. The highest BCUT2D eigenvalue weighted by molar-refractivity contribution is 7.89. The van der Waals surface area contributed by atoms with Crippen molar-refractivity contribution in [2.24, 2.45) is 0 Å². The SMILES string of the molecule is O=C(NCCNS(=O)(=O)c1cc(F)ccc1F)c1ccc(F)cc1F. The van der Waals surface area contributed by atoms with Gasteiger partial charge in [-0.15, -0.1) is 0 Å². The first-order chi connectivity index (χ1) is 11.7. The number of hydrogen-bond acceptors (Lipinski definition) is 3. The number of carbonyl (C=O) groups excluding carboxylic acids is 1. The van der Waals surface area contributed by atoms with Gasteiger partial charge in [0.1, 0.15) is 28.2 Å². The van der Waals surface area contributed by atoms with E-state index < -0.39 is 49.7 Å². The Bertz CT molecular complexity index is 904. The molecule has 0 radical (unpaired) electrons. The highest BCUT2D eigenvalue weighted by Crippen LogP contribution is 2.15. The Morgan fingerprint density at radius 1 is 0.880 bits per heavy atom. The molecule has 0 bridgehead atoms. The number of halogens is 4. The number of rotatable bonds is 6. The van der Waals surface area contributed by atoms with Crippen LogP contribution in [-0.2, 0) is 10.0 Å². The van der Waals surface area contributed by atoms with Crippen LogP contribution in [0, 0.1) is 23.3 Å². The third kappa shape index (κ3) is 4.77.